The van der Waals surface area contributed by atoms with Crippen molar-refractivity contribution in [2.45, 2.75) is 19.7 Å². The summed E-state index contributed by atoms with van der Waals surface area (Å²) in [6.45, 7) is -0.325. The number of rotatable bonds is 7. The lowest BCUT2D eigenvalue weighted by molar-refractivity contribution is -0.140. The van der Waals surface area contributed by atoms with Gasteiger partial charge in [0.25, 0.3) is 5.91 Å². The van der Waals surface area contributed by atoms with Gasteiger partial charge in [-0.25, -0.2) is 9.78 Å². The normalized spacial score (nSPS) is 11.1. The smallest absolute Gasteiger partial charge is 0.405 e. The summed E-state index contributed by atoms with van der Waals surface area (Å²) in [5, 5.41) is 4.31. The number of halogens is 3. The highest BCUT2D eigenvalue weighted by Gasteiger charge is 2.28. The van der Waals surface area contributed by atoms with Gasteiger partial charge < -0.3 is 14.8 Å². The predicted octanol–water partition coefficient (Wildman–Crippen LogP) is 2.87. The van der Waals surface area contributed by atoms with E-state index in [1.165, 1.54) is 17.4 Å². The van der Waals surface area contributed by atoms with Gasteiger partial charge in [0.15, 0.2) is 6.61 Å². The van der Waals surface area contributed by atoms with Crippen LogP contribution in [-0.2, 0) is 16.1 Å². The number of aromatic nitrogens is 1. The second kappa shape index (κ2) is 8.65. The van der Waals surface area contributed by atoms with Gasteiger partial charge in [-0.15, -0.1) is 11.3 Å². The summed E-state index contributed by atoms with van der Waals surface area (Å²) in [4.78, 5) is 27.6. The summed E-state index contributed by atoms with van der Waals surface area (Å²) in [7, 11) is 0. The summed E-state index contributed by atoms with van der Waals surface area (Å²) >= 11 is 1.46. The van der Waals surface area contributed by atoms with Gasteiger partial charge in [-0.1, -0.05) is 12.1 Å². The molecule has 0 aliphatic carbocycles. The van der Waals surface area contributed by atoms with Crippen LogP contribution in [0.3, 0.4) is 0 Å². The fourth-order valence-corrected chi connectivity index (χ4v) is 2.44. The predicted molar refractivity (Wildman–Crippen MR) is 87.0 cm³/mol. The van der Waals surface area contributed by atoms with E-state index in [9.17, 15) is 22.8 Å². The molecule has 0 spiro atoms. The van der Waals surface area contributed by atoms with E-state index in [0.29, 0.717) is 5.69 Å². The molecule has 0 saturated carbocycles. The van der Waals surface area contributed by atoms with Crippen molar-refractivity contribution >= 4 is 23.2 Å². The Morgan fingerprint density at radius 3 is 2.65 bits per heavy atom. The minimum Gasteiger partial charge on any atom is -0.486 e. The monoisotopic (exact) mass is 388 g/mol. The first-order valence-corrected chi connectivity index (χ1v) is 8.26. The summed E-state index contributed by atoms with van der Waals surface area (Å²) in [6.07, 6.45) is -4.53. The summed E-state index contributed by atoms with van der Waals surface area (Å²) in [5.41, 5.74) is 0.755. The largest absolute Gasteiger partial charge is 0.486 e. The van der Waals surface area contributed by atoms with Crippen LogP contribution in [0.5, 0.6) is 5.75 Å². The van der Waals surface area contributed by atoms with E-state index >= 15 is 0 Å². The van der Waals surface area contributed by atoms with Gasteiger partial charge in [0.05, 0.1) is 10.7 Å². The van der Waals surface area contributed by atoms with E-state index in [2.05, 4.69) is 4.98 Å². The summed E-state index contributed by atoms with van der Waals surface area (Å²) < 4.78 is 46.3. The number of amides is 1. The Morgan fingerprint density at radius 2 is 2.00 bits per heavy atom. The third-order valence-electron chi connectivity index (χ3n) is 2.97. The molecule has 0 saturated heterocycles. The maximum Gasteiger partial charge on any atom is 0.405 e. The minimum atomic E-state index is -4.53. The average molecular weight is 388 g/mol. The highest BCUT2D eigenvalue weighted by Crippen LogP contribution is 2.21. The molecule has 2 aromatic rings. The molecule has 26 heavy (non-hydrogen) atoms. The second-order valence-electron chi connectivity index (χ2n) is 5.11. The van der Waals surface area contributed by atoms with Crippen molar-refractivity contribution in [1.82, 2.24) is 10.3 Å². The first-order chi connectivity index (χ1) is 12.2. The molecule has 2 rings (SSSR count). The Balaban J connectivity index is 1.91. The molecule has 6 nitrogen and oxygen atoms in total. The zero-order chi connectivity index (χ0) is 19.2. The lowest BCUT2D eigenvalue weighted by atomic mass is 10.2. The zero-order valence-corrected chi connectivity index (χ0v) is 14.4. The maximum atomic E-state index is 12.1. The van der Waals surface area contributed by atoms with Crippen molar-refractivity contribution in [3.8, 4) is 5.75 Å². The fraction of sp³-hybridized carbons (Fsp3) is 0.312. The number of hydrogen-bond acceptors (Lipinski definition) is 6. The van der Waals surface area contributed by atoms with Crippen LogP contribution in [0, 0.1) is 6.92 Å². The van der Waals surface area contributed by atoms with E-state index in [0.717, 1.165) is 5.01 Å². The Hall–Kier alpha value is -2.62. The van der Waals surface area contributed by atoms with Crippen LogP contribution in [0.25, 0.3) is 0 Å². The highest BCUT2D eigenvalue weighted by molar-refractivity contribution is 7.09. The standard InChI is InChI=1S/C16H15F3N2O4S/c1-10-21-11(8-26-10)6-24-13-5-3-2-4-12(13)15(23)25-7-14(22)20-9-16(17,18)19/h2-5,8H,6-7,9H2,1H3,(H,20,22). The molecule has 0 bridgehead atoms. The van der Waals surface area contributed by atoms with Gasteiger partial charge >= 0.3 is 12.1 Å². The van der Waals surface area contributed by atoms with Gasteiger partial charge in [0.1, 0.15) is 24.5 Å². The van der Waals surface area contributed by atoms with Gasteiger partial charge in [-0.3, -0.25) is 4.79 Å². The molecule has 1 amide bonds. The molecular weight excluding hydrogens is 373 g/mol. The molecule has 1 aromatic heterocycles. The molecule has 0 aliphatic heterocycles. The first-order valence-electron chi connectivity index (χ1n) is 7.38. The number of aryl methyl sites for hydroxylation is 1. The highest BCUT2D eigenvalue weighted by atomic mass is 32.1. The van der Waals surface area contributed by atoms with Gasteiger partial charge in [0.2, 0.25) is 0 Å². The van der Waals surface area contributed by atoms with Crippen molar-refractivity contribution in [3.05, 3.63) is 45.9 Å². The number of hydrogen-bond donors (Lipinski definition) is 1. The molecule has 1 heterocycles. The third-order valence-corrected chi connectivity index (χ3v) is 3.79. The van der Waals surface area contributed by atoms with Gasteiger partial charge in [-0.05, 0) is 19.1 Å². The SMILES string of the molecule is Cc1nc(COc2ccccc2C(=O)OCC(=O)NCC(F)(F)F)cs1. The number of nitrogens with one attached hydrogen (secondary N) is 1. The zero-order valence-electron chi connectivity index (χ0n) is 13.6. The van der Waals surface area contributed by atoms with Crippen LogP contribution in [0.4, 0.5) is 13.2 Å². The molecule has 10 heteroatoms. The topological polar surface area (TPSA) is 77.5 Å². The maximum absolute atomic E-state index is 12.1. The van der Waals surface area contributed by atoms with Crippen LogP contribution in [0.15, 0.2) is 29.6 Å². The van der Waals surface area contributed by atoms with Crippen molar-refractivity contribution in [2.75, 3.05) is 13.2 Å². The van der Waals surface area contributed by atoms with Crippen LogP contribution >= 0.6 is 11.3 Å². The minimum absolute atomic E-state index is 0.0584. The Morgan fingerprint density at radius 1 is 1.27 bits per heavy atom. The number of esters is 1. The Labute approximate surface area is 150 Å². The number of carbonyl (C=O) groups is 2. The van der Waals surface area contributed by atoms with Gasteiger partial charge in [-0.2, -0.15) is 13.2 Å². The number of nitrogens with zero attached hydrogens (tertiary/aromatic N) is 1. The first kappa shape index (κ1) is 19.7. The van der Waals surface area contributed by atoms with E-state index in [4.69, 9.17) is 9.47 Å². The van der Waals surface area contributed by atoms with E-state index in [-0.39, 0.29) is 17.9 Å². The second-order valence-corrected chi connectivity index (χ2v) is 6.17. The van der Waals surface area contributed by atoms with Crippen molar-refractivity contribution in [2.24, 2.45) is 0 Å². The number of para-hydroxylation sites is 1. The van der Waals surface area contributed by atoms with Gasteiger partial charge in [0, 0.05) is 5.38 Å². The Bertz CT molecular complexity index is 777. The Kier molecular flexibility index (Phi) is 6.56. The van der Waals surface area contributed by atoms with E-state index < -0.39 is 31.2 Å². The molecule has 0 atom stereocenters. The number of ether oxygens (including phenoxy) is 2. The summed E-state index contributed by atoms with van der Waals surface area (Å²) in [6, 6.07) is 6.19. The average Bonchev–Trinajstić information content (AvgIpc) is 3.01. The van der Waals surface area contributed by atoms with Crippen molar-refractivity contribution < 1.29 is 32.2 Å². The lowest BCUT2D eigenvalue weighted by Crippen LogP contribution is -2.36. The molecular formula is C16H15F3N2O4S. The van der Waals surface area contributed by atoms with E-state index in [1.54, 1.807) is 23.5 Å². The quantitative estimate of drug-likeness (QED) is 0.738. The molecule has 1 aromatic carbocycles. The van der Waals surface area contributed by atoms with E-state index in [1.807, 2.05) is 12.3 Å². The van der Waals surface area contributed by atoms with Crippen LogP contribution in [-0.4, -0.2) is 36.2 Å². The lowest BCUT2D eigenvalue weighted by Gasteiger charge is -2.11. The molecule has 0 aliphatic rings. The van der Waals surface area contributed by atoms with Crippen LogP contribution in [0.2, 0.25) is 0 Å². The molecule has 0 fully saturated rings. The number of thiazole rings is 1. The van der Waals surface area contributed by atoms with Crippen LogP contribution in [0.1, 0.15) is 21.1 Å². The summed E-state index contributed by atoms with van der Waals surface area (Å²) in [5.74, 6) is -1.71. The molecule has 0 radical (unpaired) electrons. The molecule has 140 valence electrons. The third kappa shape index (κ3) is 6.36. The molecule has 1 N–H and O–H groups in total. The van der Waals surface area contributed by atoms with Crippen LogP contribution < -0.4 is 10.1 Å². The van der Waals surface area contributed by atoms with Crippen molar-refractivity contribution in [1.29, 1.82) is 0 Å². The number of carbonyl (C=O) groups excluding carboxylic acids is 2. The van der Waals surface area contributed by atoms with Crippen molar-refractivity contribution in [3.63, 3.8) is 0 Å². The molecule has 0 unspecified atom stereocenters. The fourth-order valence-electron chi connectivity index (χ4n) is 1.85. The number of alkyl halides is 3. The number of benzene rings is 1.